The predicted molar refractivity (Wildman–Crippen MR) is 130 cm³/mol. The van der Waals surface area contributed by atoms with E-state index in [0.717, 1.165) is 11.4 Å². The first-order chi connectivity index (χ1) is 16.0. The van der Waals surface area contributed by atoms with E-state index in [1.54, 1.807) is 23.1 Å². The molecule has 0 N–H and O–H groups in total. The van der Waals surface area contributed by atoms with Crippen LogP contribution in [0.3, 0.4) is 0 Å². The molecule has 166 valence electrons. The number of amides is 1. The minimum absolute atomic E-state index is 0.0544. The van der Waals surface area contributed by atoms with E-state index in [4.69, 9.17) is 27.9 Å². The molecule has 0 saturated carbocycles. The molecule has 3 aromatic rings. The molecule has 0 aromatic heterocycles. The van der Waals surface area contributed by atoms with Gasteiger partial charge in [0, 0.05) is 45.8 Å². The molecule has 0 radical (unpaired) electrons. The van der Waals surface area contributed by atoms with Crippen LogP contribution in [0.2, 0.25) is 10.0 Å². The van der Waals surface area contributed by atoms with Crippen molar-refractivity contribution in [3.63, 3.8) is 0 Å². The Balaban J connectivity index is 1.53. The van der Waals surface area contributed by atoms with E-state index < -0.39 is 5.92 Å². The molecule has 5 rings (SSSR count). The minimum Gasteiger partial charge on any atom is -0.457 e. The molecule has 4 nitrogen and oxygen atoms in total. The molecule has 0 spiro atoms. The Bertz CT molecular complexity index is 1230. The second-order valence-electron chi connectivity index (χ2n) is 8.17. The van der Waals surface area contributed by atoms with Crippen molar-refractivity contribution in [3.05, 3.63) is 99.7 Å². The van der Waals surface area contributed by atoms with Gasteiger partial charge in [0.25, 0.3) is 0 Å². The standard InChI is InChI=1S/C27H21Cl2NO3/c28-21-8-4-9-22(29)26(21)20-16-25(32)30(23-10-5-11-24(31)27(20)23)17-12-14-19(15-13-17)33-18-6-2-1-3-7-18/h1-4,6-9,12-15,20H,5,10-11,16H2. The quantitative estimate of drug-likeness (QED) is 0.395. The maximum atomic E-state index is 13.4. The van der Waals surface area contributed by atoms with Crippen LogP contribution in [-0.4, -0.2) is 11.7 Å². The van der Waals surface area contributed by atoms with Crippen LogP contribution in [0.5, 0.6) is 11.5 Å². The molecule has 33 heavy (non-hydrogen) atoms. The topological polar surface area (TPSA) is 46.6 Å². The number of Topliss-reactive ketones (excluding diaryl/α,β-unsaturated/α-hetero) is 1. The highest BCUT2D eigenvalue weighted by Gasteiger charge is 2.41. The van der Waals surface area contributed by atoms with Crippen LogP contribution in [0.4, 0.5) is 5.69 Å². The number of nitrogens with zero attached hydrogens (tertiary/aromatic N) is 1. The fourth-order valence-corrected chi connectivity index (χ4v) is 5.33. The van der Waals surface area contributed by atoms with Gasteiger partial charge in [-0.15, -0.1) is 0 Å². The molecule has 0 saturated heterocycles. The summed E-state index contributed by atoms with van der Waals surface area (Å²) in [6.45, 7) is 0. The zero-order valence-corrected chi connectivity index (χ0v) is 19.3. The number of hydrogen-bond donors (Lipinski definition) is 0. The third kappa shape index (κ3) is 4.17. The number of carbonyl (C=O) groups is 2. The van der Waals surface area contributed by atoms with E-state index in [2.05, 4.69) is 0 Å². The van der Waals surface area contributed by atoms with Crippen LogP contribution >= 0.6 is 23.2 Å². The van der Waals surface area contributed by atoms with Gasteiger partial charge in [0.05, 0.1) is 0 Å². The number of allylic oxidation sites excluding steroid dienone is 2. The molecule has 1 aliphatic heterocycles. The maximum absolute atomic E-state index is 13.4. The fourth-order valence-electron chi connectivity index (χ4n) is 4.67. The molecule has 0 fully saturated rings. The first-order valence-electron chi connectivity index (χ1n) is 10.9. The van der Waals surface area contributed by atoms with Crippen molar-refractivity contribution in [2.75, 3.05) is 4.90 Å². The van der Waals surface area contributed by atoms with Crippen molar-refractivity contribution in [1.82, 2.24) is 0 Å². The van der Waals surface area contributed by atoms with E-state index in [1.807, 2.05) is 54.6 Å². The lowest BCUT2D eigenvalue weighted by Gasteiger charge is -2.38. The number of hydrogen-bond acceptors (Lipinski definition) is 3. The normalized spacial score (nSPS) is 18.4. The monoisotopic (exact) mass is 477 g/mol. The molecule has 6 heteroatoms. The number of ketones is 1. The highest BCUT2D eigenvalue weighted by atomic mass is 35.5. The summed E-state index contributed by atoms with van der Waals surface area (Å²) >= 11 is 12.9. The first kappa shape index (κ1) is 21.7. The third-order valence-electron chi connectivity index (χ3n) is 6.10. The molecule has 1 aliphatic carbocycles. The Morgan fingerprint density at radius 3 is 2.15 bits per heavy atom. The molecule has 1 unspecified atom stereocenters. The summed E-state index contributed by atoms with van der Waals surface area (Å²) in [5.41, 5.74) is 2.77. The molecule has 3 aromatic carbocycles. The SMILES string of the molecule is O=C1CCCC2=C1C(c1c(Cl)cccc1Cl)CC(=O)N2c1ccc(Oc2ccccc2)cc1. The molecule has 1 atom stereocenters. The minimum atomic E-state index is -0.432. The van der Waals surface area contributed by atoms with Crippen molar-refractivity contribution in [3.8, 4) is 11.5 Å². The first-order valence-corrected chi connectivity index (χ1v) is 11.6. The Morgan fingerprint density at radius 1 is 0.788 bits per heavy atom. The van der Waals surface area contributed by atoms with Gasteiger partial charge in [-0.3, -0.25) is 14.5 Å². The van der Waals surface area contributed by atoms with Gasteiger partial charge < -0.3 is 4.74 Å². The summed E-state index contributed by atoms with van der Waals surface area (Å²) in [6.07, 6.45) is 1.95. The van der Waals surface area contributed by atoms with E-state index >= 15 is 0 Å². The van der Waals surface area contributed by atoms with Gasteiger partial charge in [-0.2, -0.15) is 0 Å². The molecular weight excluding hydrogens is 457 g/mol. The van der Waals surface area contributed by atoms with Crippen molar-refractivity contribution >= 4 is 40.6 Å². The lowest BCUT2D eigenvalue weighted by Crippen LogP contribution is -2.40. The molecular formula is C27H21Cl2NO3. The Hall–Kier alpha value is -3.08. The van der Waals surface area contributed by atoms with Crippen molar-refractivity contribution in [1.29, 1.82) is 0 Å². The van der Waals surface area contributed by atoms with Crippen LogP contribution in [-0.2, 0) is 9.59 Å². The number of anilines is 1. The van der Waals surface area contributed by atoms with Crippen LogP contribution in [0, 0.1) is 0 Å². The number of ether oxygens (including phenoxy) is 1. The molecule has 1 amide bonds. The second-order valence-corrected chi connectivity index (χ2v) is 8.98. The fraction of sp³-hybridized carbons (Fsp3) is 0.185. The Labute approximate surface area is 202 Å². The summed E-state index contributed by atoms with van der Waals surface area (Å²) in [5, 5.41) is 0.947. The van der Waals surface area contributed by atoms with Crippen molar-refractivity contribution in [2.45, 2.75) is 31.6 Å². The average Bonchev–Trinajstić information content (AvgIpc) is 2.80. The second kappa shape index (κ2) is 9.05. The predicted octanol–water partition coefficient (Wildman–Crippen LogP) is 7.31. The highest BCUT2D eigenvalue weighted by Crippen LogP contribution is 2.47. The third-order valence-corrected chi connectivity index (χ3v) is 6.76. The zero-order chi connectivity index (χ0) is 22.9. The number of rotatable bonds is 4. The summed E-state index contributed by atoms with van der Waals surface area (Å²) in [6, 6.07) is 22.1. The van der Waals surface area contributed by atoms with E-state index in [9.17, 15) is 9.59 Å². The van der Waals surface area contributed by atoms with Gasteiger partial charge in [-0.1, -0.05) is 47.5 Å². The van der Waals surface area contributed by atoms with E-state index in [-0.39, 0.29) is 18.1 Å². The lowest BCUT2D eigenvalue weighted by molar-refractivity contribution is -0.119. The highest BCUT2D eigenvalue weighted by molar-refractivity contribution is 6.36. The van der Waals surface area contributed by atoms with E-state index in [1.165, 1.54) is 0 Å². The summed E-state index contributed by atoms with van der Waals surface area (Å²) in [4.78, 5) is 28.2. The van der Waals surface area contributed by atoms with Gasteiger partial charge >= 0.3 is 0 Å². The van der Waals surface area contributed by atoms with Crippen molar-refractivity contribution in [2.24, 2.45) is 0 Å². The number of para-hydroxylation sites is 1. The number of benzene rings is 3. The van der Waals surface area contributed by atoms with Gasteiger partial charge in [0.15, 0.2) is 5.78 Å². The van der Waals surface area contributed by atoms with Crippen LogP contribution in [0.25, 0.3) is 0 Å². The number of halogens is 2. The van der Waals surface area contributed by atoms with Gasteiger partial charge in [0.2, 0.25) is 5.91 Å². The van der Waals surface area contributed by atoms with Crippen LogP contribution in [0.15, 0.2) is 84.1 Å². The summed E-state index contributed by atoms with van der Waals surface area (Å²) in [7, 11) is 0. The maximum Gasteiger partial charge on any atom is 0.232 e. The van der Waals surface area contributed by atoms with Gasteiger partial charge in [-0.05, 0) is 66.9 Å². The molecule has 2 aliphatic rings. The molecule has 0 bridgehead atoms. The van der Waals surface area contributed by atoms with Gasteiger partial charge in [0.1, 0.15) is 11.5 Å². The Morgan fingerprint density at radius 2 is 1.45 bits per heavy atom. The van der Waals surface area contributed by atoms with Crippen molar-refractivity contribution < 1.29 is 14.3 Å². The average molecular weight is 478 g/mol. The largest absolute Gasteiger partial charge is 0.457 e. The van der Waals surface area contributed by atoms with E-state index in [0.29, 0.717) is 51.9 Å². The van der Waals surface area contributed by atoms with Gasteiger partial charge in [-0.25, -0.2) is 0 Å². The lowest BCUT2D eigenvalue weighted by atomic mass is 9.77. The zero-order valence-electron chi connectivity index (χ0n) is 17.8. The number of carbonyl (C=O) groups excluding carboxylic acids is 2. The summed E-state index contributed by atoms with van der Waals surface area (Å²) in [5.74, 6) is 0.948. The Kier molecular flexibility index (Phi) is 5.96. The van der Waals surface area contributed by atoms with Crippen LogP contribution in [0.1, 0.15) is 37.2 Å². The summed E-state index contributed by atoms with van der Waals surface area (Å²) < 4.78 is 5.87. The van der Waals surface area contributed by atoms with Crippen LogP contribution < -0.4 is 9.64 Å². The molecule has 1 heterocycles. The smallest absolute Gasteiger partial charge is 0.232 e.